The Balaban J connectivity index is 2.15. The smallest absolute Gasteiger partial charge is 0.267 e. The van der Waals surface area contributed by atoms with Crippen LogP contribution in [-0.2, 0) is 0 Å². The van der Waals surface area contributed by atoms with E-state index in [1.807, 2.05) is 0 Å². The number of nitrogens with zero attached hydrogens (tertiary/aromatic N) is 2. The zero-order valence-electron chi connectivity index (χ0n) is 8.98. The molecule has 0 radical (unpaired) electrons. The van der Waals surface area contributed by atoms with E-state index in [9.17, 15) is 4.79 Å². The summed E-state index contributed by atoms with van der Waals surface area (Å²) in [5, 5.41) is 5.11. The van der Waals surface area contributed by atoms with E-state index in [-0.39, 0.29) is 5.91 Å². The number of rotatable bonds is 2. The fraction of sp³-hybridized carbons (Fsp3) is 0. The molecule has 2 aromatic rings. The summed E-state index contributed by atoms with van der Waals surface area (Å²) >= 11 is 17.3. The van der Waals surface area contributed by atoms with Crippen molar-refractivity contribution < 1.29 is 4.79 Å². The lowest BCUT2D eigenvalue weighted by atomic mass is 10.2. The fourth-order valence-corrected chi connectivity index (χ4v) is 1.72. The molecule has 0 amide bonds. The van der Waals surface area contributed by atoms with Crippen molar-refractivity contribution in [1.82, 2.24) is 9.78 Å². The van der Waals surface area contributed by atoms with Gasteiger partial charge in [0, 0.05) is 6.08 Å². The number of hydrogen-bond donors (Lipinski definition) is 0. The lowest BCUT2D eigenvalue weighted by Gasteiger charge is -1.97. The molecular formula is C12H7Cl3N2O. The third-order valence-electron chi connectivity index (χ3n) is 2.14. The van der Waals surface area contributed by atoms with E-state index >= 15 is 0 Å². The van der Waals surface area contributed by atoms with Gasteiger partial charge in [-0.2, -0.15) is 5.10 Å². The van der Waals surface area contributed by atoms with Gasteiger partial charge in [-0.3, -0.25) is 4.79 Å². The van der Waals surface area contributed by atoms with Crippen LogP contribution in [0.2, 0.25) is 15.1 Å². The van der Waals surface area contributed by atoms with Crippen LogP contribution in [0.25, 0.3) is 6.08 Å². The van der Waals surface area contributed by atoms with E-state index in [0.717, 1.165) is 10.2 Å². The number of aromatic nitrogens is 2. The molecule has 0 fully saturated rings. The molecule has 1 aromatic heterocycles. The van der Waals surface area contributed by atoms with Crippen molar-refractivity contribution in [3.05, 3.63) is 57.3 Å². The van der Waals surface area contributed by atoms with Crippen molar-refractivity contribution in [1.29, 1.82) is 0 Å². The average molecular weight is 302 g/mol. The SMILES string of the molecule is O=C(/C=C/c1ccc(Cl)c(Cl)c1)n1cc(Cl)cn1. The maximum atomic E-state index is 11.7. The Morgan fingerprint density at radius 2 is 2.00 bits per heavy atom. The second kappa shape index (κ2) is 5.57. The van der Waals surface area contributed by atoms with Crippen molar-refractivity contribution in [3.8, 4) is 0 Å². The van der Waals surface area contributed by atoms with Gasteiger partial charge >= 0.3 is 0 Å². The van der Waals surface area contributed by atoms with Crippen LogP contribution in [0.1, 0.15) is 10.4 Å². The standard InChI is InChI=1S/C12H7Cl3N2O/c13-9-6-16-17(7-9)12(18)4-2-8-1-3-10(14)11(15)5-8/h1-7H/b4-2+. The highest BCUT2D eigenvalue weighted by Crippen LogP contribution is 2.23. The first-order valence-electron chi connectivity index (χ1n) is 4.94. The van der Waals surface area contributed by atoms with Gasteiger partial charge in [-0.25, -0.2) is 4.68 Å². The van der Waals surface area contributed by atoms with E-state index in [4.69, 9.17) is 34.8 Å². The van der Waals surface area contributed by atoms with Gasteiger partial charge in [-0.1, -0.05) is 40.9 Å². The minimum absolute atomic E-state index is 0.298. The minimum atomic E-state index is -0.298. The van der Waals surface area contributed by atoms with Crippen LogP contribution in [0.5, 0.6) is 0 Å². The lowest BCUT2D eigenvalue weighted by Crippen LogP contribution is -2.06. The van der Waals surface area contributed by atoms with E-state index < -0.39 is 0 Å². The molecule has 0 aliphatic heterocycles. The average Bonchev–Trinajstić information content (AvgIpc) is 2.77. The van der Waals surface area contributed by atoms with Gasteiger partial charge in [0.15, 0.2) is 0 Å². The molecule has 18 heavy (non-hydrogen) atoms. The predicted octanol–water partition coefficient (Wildman–Crippen LogP) is 4.20. The molecule has 1 aromatic carbocycles. The predicted molar refractivity (Wildman–Crippen MR) is 73.4 cm³/mol. The second-order valence-electron chi connectivity index (χ2n) is 3.45. The molecule has 1 heterocycles. The van der Waals surface area contributed by atoms with E-state index in [1.165, 1.54) is 18.5 Å². The summed E-state index contributed by atoms with van der Waals surface area (Å²) in [5.74, 6) is -0.298. The third kappa shape index (κ3) is 3.13. The van der Waals surface area contributed by atoms with Crippen LogP contribution in [0.3, 0.4) is 0 Å². The van der Waals surface area contributed by atoms with Gasteiger partial charge in [0.2, 0.25) is 0 Å². The van der Waals surface area contributed by atoms with Crippen molar-refractivity contribution in [2.75, 3.05) is 0 Å². The quantitative estimate of drug-likeness (QED) is 0.779. The van der Waals surface area contributed by atoms with E-state index in [1.54, 1.807) is 24.3 Å². The highest BCUT2D eigenvalue weighted by atomic mass is 35.5. The number of allylic oxidation sites excluding steroid dienone is 1. The topological polar surface area (TPSA) is 34.9 Å². The Morgan fingerprint density at radius 1 is 1.22 bits per heavy atom. The van der Waals surface area contributed by atoms with Crippen LogP contribution in [-0.4, -0.2) is 15.7 Å². The molecule has 0 atom stereocenters. The summed E-state index contributed by atoms with van der Waals surface area (Å²) in [6.45, 7) is 0. The van der Waals surface area contributed by atoms with Crippen LogP contribution < -0.4 is 0 Å². The Labute approximate surface area is 119 Å². The molecule has 0 saturated carbocycles. The molecule has 0 N–H and O–H groups in total. The Bertz CT molecular complexity index is 620. The zero-order chi connectivity index (χ0) is 13.1. The number of carbonyl (C=O) groups excluding carboxylic acids is 1. The summed E-state index contributed by atoms with van der Waals surface area (Å²) in [4.78, 5) is 11.7. The normalized spacial score (nSPS) is 11.1. The molecule has 0 aliphatic carbocycles. The van der Waals surface area contributed by atoms with Crippen LogP contribution in [0.4, 0.5) is 0 Å². The molecule has 3 nitrogen and oxygen atoms in total. The van der Waals surface area contributed by atoms with Gasteiger partial charge in [0.05, 0.1) is 27.5 Å². The van der Waals surface area contributed by atoms with Crippen LogP contribution in [0.15, 0.2) is 36.7 Å². The molecule has 6 heteroatoms. The maximum Gasteiger partial charge on any atom is 0.270 e. The van der Waals surface area contributed by atoms with Crippen molar-refractivity contribution >= 4 is 46.8 Å². The summed E-state index contributed by atoms with van der Waals surface area (Å²) in [6, 6.07) is 5.09. The van der Waals surface area contributed by atoms with Crippen LogP contribution in [0, 0.1) is 0 Å². The van der Waals surface area contributed by atoms with Gasteiger partial charge in [0.1, 0.15) is 0 Å². The summed E-state index contributed by atoms with van der Waals surface area (Å²) in [7, 11) is 0. The lowest BCUT2D eigenvalue weighted by molar-refractivity contribution is 0.0955. The van der Waals surface area contributed by atoms with Gasteiger partial charge in [-0.15, -0.1) is 0 Å². The largest absolute Gasteiger partial charge is 0.270 e. The molecule has 0 saturated heterocycles. The van der Waals surface area contributed by atoms with Crippen molar-refractivity contribution in [2.24, 2.45) is 0 Å². The molecule has 0 spiro atoms. The van der Waals surface area contributed by atoms with Crippen molar-refractivity contribution in [2.45, 2.75) is 0 Å². The number of benzene rings is 1. The van der Waals surface area contributed by atoms with Gasteiger partial charge in [0.25, 0.3) is 5.91 Å². The van der Waals surface area contributed by atoms with E-state index in [0.29, 0.717) is 15.1 Å². The maximum absolute atomic E-state index is 11.7. The monoisotopic (exact) mass is 300 g/mol. The first-order valence-corrected chi connectivity index (χ1v) is 6.07. The highest BCUT2D eigenvalue weighted by molar-refractivity contribution is 6.42. The number of hydrogen-bond acceptors (Lipinski definition) is 2. The summed E-state index contributed by atoms with van der Waals surface area (Å²) < 4.78 is 1.15. The van der Waals surface area contributed by atoms with Gasteiger partial charge < -0.3 is 0 Å². The van der Waals surface area contributed by atoms with Crippen molar-refractivity contribution in [3.63, 3.8) is 0 Å². The molecule has 0 aliphatic rings. The second-order valence-corrected chi connectivity index (χ2v) is 4.70. The molecule has 2 rings (SSSR count). The fourth-order valence-electron chi connectivity index (χ4n) is 1.28. The number of carbonyl (C=O) groups is 1. The van der Waals surface area contributed by atoms with E-state index in [2.05, 4.69) is 5.10 Å². The molecule has 0 bridgehead atoms. The first-order chi connectivity index (χ1) is 8.56. The third-order valence-corrected chi connectivity index (χ3v) is 3.07. The Morgan fingerprint density at radius 3 is 2.61 bits per heavy atom. The summed E-state index contributed by atoms with van der Waals surface area (Å²) in [5.41, 5.74) is 0.774. The minimum Gasteiger partial charge on any atom is -0.267 e. The first kappa shape index (κ1) is 13.1. The molecule has 0 unspecified atom stereocenters. The molecular weight excluding hydrogens is 295 g/mol. The Hall–Kier alpha value is -1.29. The number of halogens is 3. The van der Waals surface area contributed by atoms with Gasteiger partial charge in [-0.05, 0) is 23.8 Å². The zero-order valence-corrected chi connectivity index (χ0v) is 11.2. The summed E-state index contributed by atoms with van der Waals surface area (Å²) in [6.07, 6.45) is 5.83. The Kier molecular flexibility index (Phi) is 4.07. The van der Waals surface area contributed by atoms with Crippen LogP contribution >= 0.6 is 34.8 Å². The molecule has 92 valence electrons. The highest BCUT2D eigenvalue weighted by Gasteiger charge is 2.02.